The number of aromatic hydroxyl groups is 1. The maximum Gasteiger partial charge on any atom is 0.231 e. The number of benzene rings is 4. The fourth-order valence-corrected chi connectivity index (χ4v) is 3.62. The summed E-state index contributed by atoms with van der Waals surface area (Å²) < 4.78 is 11.7. The molecule has 0 amide bonds. The summed E-state index contributed by atoms with van der Waals surface area (Å²) >= 11 is 0. The molecule has 0 bridgehead atoms. The third-order valence-electron chi connectivity index (χ3n) is 5.44. The molecule has 0 fully saturated rings. The molecule has 0 radical (unpaired) electrons. The molecule has 164 valence electrons. The number of fused-ring (bicyclic) bond motifs is 1. The summed E-state index contributed by atoms with van der Waals surface area (Å²) in [6.07, 6.45) is 0. The number of hydrogen-bond donors (Lipinski definition) is 2. The van der Waals surface area contributed by atoms with Crippen LogP contribution in [0.3, 0.4) is 0 Å². The van der Waals surface area contributed by atoms with Gasteiger partial charge in [-0.3, -0.25) is 0 Å². The van der Waals surface area contributed by atoms with Gasteiger partial charge in [0.15, 0.2) is 5.58 Å². The second-order valence-electron chi connectivity index (χ2n) is 7.99. The Balaban J connectivity index is 1.21. The van der Waals surface area contributed by atoms with Gasteiger partial charge in [-0.15, -0.1) is 0 Å². The molecule has 5 rings (SSSR count). The van der Waals surface area contributed by atoms with E-state index < -0.39 is 0 Å². The van der Waals surface area contributed by atoms with Crippen LogP contribution in [0.2, 0.25) is 0 Å². The zero-order valence-corrected chi connectivity index (χ0v) is 18.3. The summed E-state index contributed by atoms with van der Waals surface area (Å²) in [5, 5.41) is 13.9. The minimum Gasteiger partial charge on any atom is -0.507 e. The Bertz CT molecular complexity index is 1380. The van der Waals surface area contributed by atoms with Crippen LogP contribution in [0.15, 0.2) is 95.4 Å². The zero-order valence-electron chi connectivity index (χ0n) is 18.3. The van der Waals surface area contributed by atoms with Crippen molar-refractivity contribution < 1.29 is 14.3 Å². The lowest BCUT2D eigenvalue weighted by molar-refractivity contribution is 0.306. The highest BCUT2D eigenvalue weighted by Gasteiger charge is 2.13. The van der Waals surface area contributed by atoms with E-state index in [1.807, 2.05) is 91.9 Å². The predicted octanol–water partition coefficient (Wildman–Crippen LogP) is 6.70. The van der Waals surface area contributed by atoms with Gasteiger partial charge in [-0.25, -0.2) is 4.98 Å². The molecule has 1 heterocycles. The quantitative estimate of drug-likeness (QED) is 0.297. The van der Waals surface area contributed by atoms with Crippen molar-refractivity contribution in [3.05, 3.63) is 108 Å². The van der Waals surface area contributed by atoms with E-state index in [1.54, 1.807) is 6.07 Å². The summed E-state index contributed by atoms with van der Waals surface area (Å²) in [5.41, 5.74) is 6.22. The van der Waals surface area contributed by atoms with Crippen molar-refractivity contribution in [1.82, 2.24) is 4.98 Å². The van der Waals surface area contributed by atoms with E-state index >= 15 is 0 Å². The first-order chi connectivity index (χ1) is 16.1. The van der Waals surface area contributed by atoms with Crippen LogP contribution in [-0.4, -0.2) is 10.1 Å². The van der Waals surface area contributed by atoms with Crippen LogP contribution < -0.4 is 10.1 Å². The Hall–Kier alpha value is -4.25. The number of anilines is 1. The van der Waals surface area contributed by atoms with Crippen LogP contribution in [0.4, 0.5) is 5.69 Å². The van der Waals surface area contributed by atoms with Gasteiger partial charge in [0.1, 0.15) is 23.6 Å². The minimum atomic E-state index is 0.118. The molecule has 4 aromatic carbocycles. The molecular formula is C28H24N2O3. The third kappa shape index (κ3) is 4.83. The number of rotatable bonds is 7. The lowest BCUT2D eigenvalue weighted by Gasteiger charge is -2.10. The van der Waals surface area contributed by atoms with E-state index in [0.29, 0.717) is 30.2 Å². The molecule has 2 N–H and O–H groups in total. The molecule has 33 heavy (non-hydrogen) atoms. The third-order valence-corrected chi connectivity index (χ3v) is 5.44. The largest absolute Gasteiger partial charge is 0.507 e. The Labute approximate surface area is 192 Å². The molecule has 0 unspecified atom stereocenters. The molecule has 0 saturated heterocycles. The van der Waals surface area contributed by atoms with Crippen LogP contribution in [0.25, 0.3) is 22.6 Å². The molecule has 0 aliphatic rings. The van der Waals surface area contributed by atoms with Crippen LogP contribution in [0.5, 0.6) is 11.5 Å². The maximum absolute atomic E-state index is 10.6. The predicted molar refractivity (Wildman–Crippen MR) is 130 cm³/mol. The van der Waals surface area contributed by atoms with Crippen LogP contribution in [0.1, 0.15) is 16.7 Å². The van der Waals surface area contributed by atoms with Crippen molar-refractivity contribution >= 4 is 16.8 Å². The molecule has 0 atom stereocenters. The summed E-state index contributed by atoms with van der Waals surface area (Å²) in [5.74, 6) is 1.36. The summed E-state index contributed by atoms with van der Waals surface area (Å²) in [6.45, 7) is 3.18. The lowest BCUT2D eigenvalue weighted by Crippen LogP contribution is -2.00. The van der Waals surface area contributed by atoms with Crippen LogP contribution >= 0.6 is 0 Å². The SMILES string of the molecule is Cc1ccc2oc(-c3ccc(NCc4ccc(OCc5ccccc5)cc4)cc3O)nc2c1. The summed E-state index contributed by atoms with van der Waals surface area (Å²) in [7, 11) is 0. The van der Waals surface area contributed by atoms with Gasteiger partial charge in [-0.1, -0.05) is 48.5 Å². The van der Waals surface area contributed by atoms with E-state index in [2.05, 4.69) is 10.3 Å². The average molecular weight is 437 g/mol. The molecule has 0 aliphatic carbocycles. The first-order valence-electron chi connectivity index (χ1n) is 10.8. The molecule has 0 aliphatic heterocycles. The smallest absolute Gasteiger partial charge is 0.231 e. The number of oxazole rings is 1. The van der Waals surface area contributed by atoms with Crippen molar-refractivity contribution in [1.29, 1.82) is 0 Å². The molecule has 1 aromatic heterocycles. The lowest BCUT2D eigenvalue weighted by atomic mass is 10.1. The number of phenols is 1. The van der Waals surface area contributed by atoms with Gasteiger partial charge in [0.2, 0.25) is 5.89 Å². The number of ether oxygens (including phenoxy) is 1. The maximum atomic E-state index is 10.6. The number of nitrogens with zero attached hydrogens (tertiary/aromatic N) is 1. The Morgan fingerprint density at radius 2 is 1.70 bits per heavy atom. The first-order valence-corrected chi connectivity index (χ1v) is 10.8. The average Bonchev–Trinajstić information content (AvgIpc) is 3.25. The van der Waals surface area contributed by atoms with Crippen molar-refractivity contribution in [2.75, 3.05) is 5.32 Å². The van der Waals surface area contributed by atoms with Gasteiger partial charge in [0.05, 0.1) is 5.56 Å². The zero-order chi connectivity index (χ0) is 22.6. The fraction of sp³-hybridized carbons (Fsp3) is 0.107. The van der Waals surface area contributed by atoms with E-state index in [1.165, 1.54) is 0 Å². The molecule has 0 spiro atoms. The molecule has 5 aromatic rings. The normalized spacial score (nSPS) is 10.9. The fourth-order valence-electron chi connectivity index (χ4n) is 3.62. The van der Waals surface area contributed by atoms with Crippen molar-refractivity contribution in [2.45, 2.75) is 20.1 Å². The Kier molecular flexibility index (Phi) is 5.68. The Morgan fingerprint density at radius 1 is 0.879 bits per heavy atom. The second-order valence-corrected chi connectivity index (χ2v) is 7.99. The summed E-state index contributed by atoms with van der Waals surface area (Å²) in [4.78, 5) is 4.51. The van der Waals surface area contributed by atoms with Crippen LogP contribution in [0, 0.1) is 6.92 Å². The van der Waals surface area contributed by atoms with Crippen molar-refractivity contribution in [3.63, 3.8) is 0 Å². The van der Waals surface area contributed by atoms with E-state index in [0.717, 1.165) is 33.6 Å². The Morgan fingerprint density at radius 3 is 2.48 bits per heavy atom. The number of hydrogen-bond acceptors (Lipinski definition) is 5. The van der Waals surface area contributed by atoms with E-state index in [9.17, 15) is 5.11 Å². The van der Waals surface area contributed by atoms with Gasteiger partial charge < -0.3 is 19.6 Å². The highest BCUT2D eigenvalue weighted by Crippen LogP contribution is 2.33. The van der Waals surface area contributed by atoms with Gasteiger partial charge in [0.25, 0.3) is 0 Å². The summed E-state index contributed by atoms with van der Waals surface area (Å²) in [6, 6.07) is 29.3. The van der Waals surface area contributed by atoms with Crippen LogP contribution in [-0.2, 0) is 13.2 Å². The highest BCUT2D eigenvalue weighted by atomic mass is 16.5. The highest BCUT2D eigenvalue weighted by molar-refractivity contribution is 5.78. The van der Waals surface area contributed by atoms with Gasteiger partial charge in [-0.05, 0) is 60.0 Å². The number of aryl methyl sites for hydroxylation is 1. The van der Waals surface area contributed by atoms with Crippen molar-refractivity contribution in [2.24, 2.45) is 0 Å². The van der Waals surface area contributed by atoms with Crippen molar-refractivity contribution in [3.8, 4) is 23.0 Å². The minimum absolute atomic E-state index is 0.118. The standard InChI is InChI=1S/C28H24N2O3/c1-19-7-14-27-25(15-19)30-28(33-27)24-13-10-22(16-26(24)31)29-17-20-8-11-23(12-9-20)32-18-21-5-3-2-4-6-21/h2-16,29,31H,17-18H2,1H3. The van der Waals surface area contributed by atoms with Gasteiger partial charge in [0, 0.05) is 18.3 Å². The van der Waals surface area contributed by atoms with Gasteiger partial charge >= 0.3 is 0 Å². The monoisotopic (exact) mass is 436 g/mol. The van der Waals surface area contributed by atoms with E-state index in [-0.39, 0.29) is 5.75 Å². The number of aromatic nitrogens is 1. The number of nitrogens with one attached hydrogen (secondary N) is 1. The molecular weight excluding hydrogens is 412 g/mol. The molecule has 0 saturated carbocycles. The van der Waals surface area contributed by atoms with E-state index in [4.69, 9.17) is 9.15 Å². The number of phenolic OH excluding ortho intramolecular Hbond substituents is 1. The van der Waals surface area contributed by atoms with Gasteiger partial charge in [-0.2, -0.15) is 0 Å². The topological polar surface area (TPSA) is 67.5 Å². The first kappa shape index (κ1) is 20.6. The second kappa shape index (κ2) is 9.09. The molecule has 5 heteroatoms. The molecule has 5 nitrogen and oxygen atoms in total.